The molecule has 0 aliphatic carbocycles. The van der Waals surface area contributed by atoms with Crippen LogP contribution in [0.15, 0.2) is 59.5 Å². The van der Waals surface area contributed by atoms with E-state index >= 15 is 0 Å². The average Bonchev–Trinajstić information content (AvgIpc) is 3.37. The highest BCUT2D eigenvalue weighted by Gasteiger charge is 2.48. The minimum Gasteiger partial charge on any atom is -0.507 e. The fourth-order valence-corrected chi connectivity index (χ4v) is 5.34. The summed E-state index contributed by atoms with van der Waals surface area (Å²) in [4.78, 5) is 28.3. The van der Waals surface area contributed by atoms with Crippen LogP contribution in [0.25, 0.3) is 5.76 Å². The molecular weight excluding hydrogens is 491 g/mol. The maximum absolute atomic E-state index is 13.3. The lowest BCUT2D eigenvalue weighted by Gasteiger charge is -2.25. The summed E-state index contributed by atoms with van der Waals surface area (Å²) < 4.78 is 44.7. The summed E-state index contributed by atoms with van der Waals surface area (Å²) in [6.45, 7) is 5.73. The molecule has 1 saturated heterocycles. The molecule has 0 saturated carbocycles. The molecule has 36 heavy (non-hydrogen) atoms. The van der Waals surface area contributed by atoms with Crippen LogP contribution in [0.3, 0.4) is 0 Å². The Balaban J connectivity index is 1.91. The number of rotatable bonds is 5. The van der Waals surface area contributed by atoms with Crippen molar-refractivity contribution in [2.24, 2.45) is 0 Å². The van der Waals surface area contributed by atoms with E-state index in [0.29, 0.717) is 16.2 Å². The molecule has 1 N–H and O–H groups in total. The van der Waals surface area contributed by atoms with Crippen LogP contribution in [-0.4, -0.2) is 23.9 Å². The van der Waals surface area contributed by atoms with Crippen molar-refractivity contribution in [3.63, 3.8) is 0 Å². The smallest absolute Gasteiger partial charge is 0.416 e. The van der Waals surface area contributed by atoms with Gasteiger partial charge in [0.25, 0.3) is 11.7 Å². The summed E-state index contributed by atoms with van der Waals surface area (Å²) in [6.07, 6.45) is -4.54. The van der Waals surface area contributed by atoms with E-state index in [4.69, 9.17) is 4.74 Å². The normalized spacial score (nSPS) is 17.8. The molecule has 2 aromatic carbocycles. The monoisotopic (exact) mass is 515 g/mol. The number of benzene rings is 2. The fourth-order valence-electron chi connectivity index (χ4n) is 4.31. The molecular formula is C27H24F3NO4S. The van der Waals surface area contributed by atoms with E-state index in [2.05, 4.69) is 0 Å². The number of methoxy groups -OCH3 is 1. The van der Waals surface area contributed by atoms with Crippen molar-refractivity contribution >= 4 is 34.5 Å². The third kappa shape index (κ3) is 4.39. The van der Waals surface area contributed by atoms with E-state index in [1.165, 1.54) is 18.4 Å². The maximum atomic E-state index is 13.3. The summed E-state index contributed by atoms with van der Waals surface area (Å²) in [5.74, 6) is -1.51. The summed E-state index contributed by atoms with van der Waals surface area (Å²) in [7, 11) is 1.54. The number of aliphatic hydroxyl groups is 1. The van der Waals surface area contributed by atoms with E-state index < -0.39 is 29.5 Å². The number of halogens is 3. The summed E-state index contributed by atoms with van der Waals surface area (Å²) in [5.41, 5.74) is 1.06. The van der Waals surface area contributed by atoms with E-state index in [1.807, 2.05) is 26.8 Å². The fraction of sp³-hybridized carbons (Fsp3) is 0.259. The van der Waals surface area contributed by atoms with Crippen molar-refractivity contribution in [3.05, 3.63) is 86.6 Å². The Morgan fingerprint density at radius 3 is 2.28 bits per heavy atom. The minimum atomic E-state index is -4.54. The first-order valence-electron chi connectivity index (χ1n) is 11.2. The Kier molecular flexibility index (Phi) is 6.70. The molecule has 0 radical (unpaired) electrons. The summed E-state index contributed by atoms with van der Waals surface area (Å²) in [5, 5.41) is 13.1. The highest BCUT2D eigenvalue weighted by Crippen LogP contribution is 2.45. The number of carbonyl (C=O) groups is 2. The van der Waals surface area contributed by atoms with Gasteiger partial charge in [0.05, 0.1) is 18.2 Å². The Morgan fingerprint density at radius 2 is 1.75 bits per heavy atom. The molecule has 2 heterocycles. The number of ether oxygens (including phenoxy) is 1. The summed E-state index contributed by atoms with van der Waals surface area (Å²) >= 11 is 1.30. The molecule has 1 aliphatic heterocycles. The van der Waals surface area contributed by atoms with E-state index in [9.17, 15) is 27.9 Å². The molecule has 5 nitrogen and oxygen atoms in total. The second kappa shape index (κ2) is 9.46. The molecule has 0 spiro atoms. The number of carbonyl (C=O) groups excluding carboxylic acids is 2. The zero-order valence-electron chi connectivity index (χ0n) is 20.0. The highest BCUT2D eigenvalue weighted by molar-refractivity contribution is 7.10. The van der Waals surface area contributed by atoms with Gasteiger partial charge in [-0.25, -0.2) is 0 Å². The van der Waals surface area contributed by atoms with E-state index in [1.54, 1.807) is 23.6 Å². The number of anilines is 1. The van der Waals surface area contributed by atoms with Crippen molar-refractivity contribution < 1.29 is 32.6 Å². The Morgan fingerprint density at radius 1 is 1.08 bits per heavy atom. The van der Waals surface area contributed by atoms with Gasteiger partial charge in [-0.05, 0) is 77.9 Å². The predicted octanol–water partition coefficient (Wildman–Crippen LogP) is 6.83. The number of nitrogens with zero attached hydrogens (tertiary/aromatic N) is 1. The quantitative estimate of drug-likeness (QED) is 0.230. The van der Waals surface area contributed by atoms with E-state index in [-0.39, 0.29) is 22.9 Å². The minimum absolute atomic E-state index is 0.0533. The van der Waals surface area contributed by atoms with Gasteiger partial charge in [-0.3, -0.25) is 14.5 Å². The van der Waals surface area contributed by atoms with Crippen molar-refractivity contribution in [3.8, 4) is 5.75 Å². The van der Waals surface area contributed by atoms with Gasteiger partial charge in [0.2, 0.25) is 0 Å². The van der Waals surface area contributed by atoms with Crippen LogP contribution < -0.4 is 9.64 Å². The van der Waals surface area contributed by atoms with Gasteiger partial charge in [0, 0.05) is 16.1 Å². The molecule has 1 fully saturated rings. The molecule has 1 aromatic heterocycles. The third-order valence-electron chi connectivity index (χ3n) is 6.19. The lowest BCUT2D eigenvalue weighted by atomic mass is 9.94. The van der Waals surface area contributed by atoms with Crippen LogP contribution in [-0.2, 0) is 15.8 Å². The van der Waals surface area contributed by atoms with Crippen LogP contribution >= 0.6 is 11.3 Å². The molecule has 3 aromatic rings. The Labute approximate surface area is 210 Å². The molecule has 1 amide bonds. The van der Waals surface area contributed by atoms with Gasteiger partial charge in [-0.1, -0.05) is 13.8 Å². The van der Waals surface area contributed by atoms with Crippen molar-refractivity contribution in [2.45, 2.75) is 38.9 Å². The second-order valence-electron chi connectivity index (χ2n) is 8.79. The van der Waals surface area contributed by atoms with Gasteiger partial charge < -0.3 is 9.84 Å². The lowest BCUT2D eigenvalue weighted by Crippen LogP contribution is -2.29. The molecule has 188 valence electrons. The zero-order valence-corrected chi connectivity index (χ0v) is 20.8. The number of aliphatic hydroxyl groups excluding tert-OH is 1. The molecule has 4 rings (SSSR count). The number of alkyl halides is 3. The first-order chi connectivity index (χ1) is 17.0. The third-order valence-corrected chi connectivity index (χ3v) is 7.26. The van der Waals surface area contributed by atoms with Gasteiger partial charge in [-0.15, -0.1) is 11.3 Å². The van der Waals surface area contributed by atoms with Crippen LogP contribution in [0.2, 0.25) is 0 Å². The Hall–Kier alpha value is -3.59. The number of hydrogen-bond donors (Lipinski definition) is 1. The number of hydrogen-bond acceptors (Lipinski definition) is 5. The van der Waals surface area contributed by atoms with Gasteiger partial charge in [0.15, 0.2) is 0 Å². The van der Waals surface area contributed by atoms with Crippen LogP contribution in [0.5, 0.6) is 5.75 Å². The first kappa shape index (κ1) is 25.5. The topological polar surface area (TPSA) is 66.8 Å². The van der Waals surface area contributed by atoms with Crippen LogP contribution in [0.4, 0.5) is 18.9 Å². The summed E-state index contributed by atoms with van der Waals surface area (Å²) in [6, 6.07) is 9.87. The lowest BCUT2D eigenvalue weighted by molar-refractivity contribution is -0.137. The molecule has 1 atom stereocenters. The standard InChI is InChI=1S/C27H24F3NO4S/c1-14(2)19-13-16(5-10-20(19)35-4)23(32)21-22(25-15(3)11-12-36-25)31(26(34)24(21)33)18-8-6-17(7-9-18)27(28,29)30/h5-14,22,32H,1-4H3/b23-21-. The number of amides is 1. The largest absolute Gasteiger partial charge is 0.507 e. The molecule has 0 bridgehead atoms. The number of ketones is 1. The predicted molar refractivity (Wildman–Crippen MR) is 132 cm³/mol. The average molecular weight is 516 g/mol. The van der Waals surface area contributed by atoms with Gasteiger partial charge >= 0.3 is 6.18 Å². The molecule has 1 unspecified atom stereocenters. The number of thiophene rings is 1. The molecule has 1 aliphatic rings. The van der Waals surface area contributed by atoms with Crippen molar-refractivity contribution in [1.82, 2.24) is 0 Å². The van der Waals surface area contributed by atoms with E-state index in [0.717, 1.165) is 40.3 Å². The highest BCUT2D eigenvalue weighted by atomic mass is 32.1. The SMILES string of the molecule is COc1ccc(/C(O)=C2/C(=O)C(=O)N(c3ccc(C(F)(F)F)cc3)C2c2sccc2C)cc1C(C)C. The number of aryl methyl sites for hydroxylation is 1. The zero-order chi connectivity index (χ0) is 26.4. The molecule has 9 heteroatoms. The van der Waals surface area contributed by atoms with Crippen LogP contribution in [0, 0.1) is 6.92 Å². The van der Waals surface area contributed by atoms with Crippen molar-refractivity contribution in [1.29, 1.82) is 0 Å². The van der Waals surface area contributed by atoms with Crippen molar-refractivity contribution in [2.75, 3.05) is 12.0 Å². The first-order valence-corrected chi connectivity index (χ1v) is 12.0. The van der Waals surface area contributed by atoms with Gasteiger partial charge in [0.1, 0.15) is 17.6 Å². The van der Waals surface area contributed by atoms with Crippen LogP contribution in [0.1, 0.15) is 52.9 Å². The number of Topliss-reactive ketones (excluding diaryl/α,β-unsaturated/α-hetero) is 1. The maximum Gasteiger partial charge on any atom is 0.416 e. The Bertz CT molecular complexity index is 1360. The van der Waals surface area contributed by atoms with Gasteiger partial charge in [-0.2, -0.15) is 13.2 Å². The second-order valence-corrected chi connectivity index (χ2v) is 9.74.